The van der Waals surface area contributed by atoms with Gasteiger partial charge in [-0.3, -0.25) is 0 Å². The molecule has 5 nitrogen and oxygen atoms in total. The molecule has 1 aromatic carbocycles. The topological polar surface area (TPSA) is 71.2 Å². The number of benzene rings is 1. The van der Waals surface area contributed by atoms with Gasteiger partial charge in [0, 0.05) is 23.7 Å². The van der Waals surface area contributed by atoms with Gasteiger partial charge in [-0.15, -0.1) is 10.2 Å². The van der Waals surface area contributed by atoms with Crippen molar-refractivity contribution in [3.05, 3.63) is 41.6 Å². The number of aryl methyl sites for hydroxylation is 1. The molecule has 25 heavy (non-hydrogen) atoms. The van der Waals surface area contributed by atoms with Crippen LogP contribution < -0.4 is 0 Å². The van der Waals surface area contributed by atoms with Crippen LogP contribution in [0.2, 0.25) is 0 Å². The predicted molar refractivity (Wildman–Crippen MR) is 86.0 cm³/mol. The van der Waals surface area contributed by atoms with Crippen molar-refractivity contribution in [1.29, 1.82) is 0 Å². The molecule has 0 saturated heterocycles. The van der Waals surface area contributed by atoms with Gasteiger partial charge in [0.05, 0.1) is 11.7 Å². The zero-order valence-corrected chi connectivity index (χ0v) is 13.5. The number of aromatic nitrogens is 3. The average Bonchev–Trinajstić information content (AvgIpc) is 2.90. The lowest BCUT2D eigenvalue weighted by atomic mass is 10.0. The number of phenols is 1. The minimum absolute atomic E-state index is 0.183. The fourth-order valence-electron chi connectivity index (χ4n) is 2.76. The van der Waals surface area contributed by atoms with Crippen molar-refractivity contribution < 1.29 is 23.4 Å². The van der Waals surface area contributed by atoms with E-state index in [-0.39, 0.29) is 5.56 Å². The predicted octanol–water partition coefficient (Wildman–Crippen LogP) is 3.51. The highest BCUT2D eigenvalue weighted by molar-refractivity contribution is 5.86. The van der Waals surface area contributed by atoms with Crippen molar-refractivity contribution in [2.24, 2.45) is 0 Å². The van der Waals surface area contributed by atoms with Crippen LogP contribution in [-0.4, -0.2) is 31.1 Å². The maximum absolute atomic E-state index is 12.7. The Balaban J connectivity index is 2.09. The molecule has 0 fully saturated rings. The summed E-state index contributed by atoms with van der Waals surface area (Å²) in [6.07, 6.45) is -3.33. The fraction of sp³-hybridized carbons (Fsp3) is 0.294. The molecule has 0 amide bonds. The summed E-state index contributed by atoms with van der Waals surface area (Å²) < 4.78 is 39.9. The first-order valence-electron chi connectivity index (χ1n) is 7.59. The number of hydrogen-bond acceptors (Lipinski definition) is 4. The van der Waals surface area contributed by atoms with Crippen LogP contribution in [0.1, 0.15) is 18.1 Å². The number of halogens is 3. The number of rotatable bonds is 3. The number of hydrogen-bond donors (Lipinski definition) is 2. The van der Waals surface area contributed by atoms with E-state index < -0.39 is 23.6 Å². The van der Waals surface area contributed by atoms with Crippen molar-refractivity contribution >= 4 is 11.0 Å². The molecule has 3 rings (SSSR count). The first kappa shape index (κ1) is 17.2. The number of aromatic hydroxyl groups is 1. The molecule has 0 radical (unpaired) electrons. The second-order valence-corrected chi connectivity index (χ2v) is 5.96. The third kappa shape index (κ3) is 3.17. The zero-order chi connectivity index (χ0) is 18.4. The highest BCUT2D eigenvalue weighted by atomic mass is 19.4. The summed E-state index contributed by atoms with van der Waals surface area (Å²) in [5.74, 6) is -0.505. The Kier molecular flexibility index (Phi) is 4.16. The lowest BCUT2D eigenvalue weighted by Gasteiger charge is -2.12. The van der Waals surface area contributed by atoms with Crippen LogP contribution in [0.15, 0.2) is 30.5 Å². The number of aliphatic hydroxyl groups is 1. The summed E-state index contributed by atoms with van der Waals surface area (Å²) in [4.78, 5) is 0. The average molecular weight is 351 g/mol. The van der Waals surface area contributed by atoms with Crippen LogP contribution in [0.4, 0.5) is 13.2 Å². The second kappa shape index (κ2) is 6.03. The second-order valence-electron chi connectivity index (χ2n) is 5.96. The van der Waals surface area contributed by atoms with Gasteiger partial charge in [-0.1, -0.05) is 0 Å². The Morgan fingerprint density at radius 1 is 1.20 bits per heavy atom. The van der Waals surface area contributed by atoms with Crippen LogP contribution in [0.5, 0.6) is 5.75 Å². The first-order valence-corrected chi connectivity index (χ1v) is 7.59. The summed E-state index contributed by atoms with van der Waals surface area (Å²) in [7, 11) is 0. The number of aliphatic hydroxyl groups excluding tert-OH is 1. The van der Waals surface area contributed by atoms with E-state index >= 15 is 0 Å². The number of nitrogens with zero attached hydrogens (tertiary/aromatic N) is 3. The molecule has 8 heteroatoms. The number of fused-ring (bicyclic) bond motifs is 1. The van der Waals surface area contributed by atoms with Crippen molar-refractivity contribution in [3.8, 4) is 17.0 Å². The number of alkyl halides is 3. The highest BCUT2D eigenvalue weighted by Crippen LogP contribution is 2.37. The van der Waals surface area contributed by atoms with Gasteiger partial charge in [0.1, 0.15) is 11.4 Å². The summed E-state index contributed by atoms with van der Waals surface area (Å²) in [6, 6.07) is 4.57. The molecule has 0 spiro atoms. The van der Waals surface area contributed by atoms with Crippen molar-refractivity contribution in [1.82, 2.24) is 14.8 Å². The van der Waals surface area contributed by atoms with E-state index in [0.717, 1.165) is 11.5 Å². The molecule has 0 aliphatic carbocycles. The minimum Gasteiger partial charge on any atom is -0.507 e. The van der Waals surface area contributed by atoms with E-state index in [0.29, 0.717) is 29.5 Å². The first-order chi connectivity index (χ1) is 11.7. The third-order valence-electron chi connectivity index (χ3n) is 3.98. The van der Waals surface area contributed by atoms with Gasteiger partial charge in [0.15, 0.2) is 5.65 Å². The van der Waals surface area contributed by atoms with Crippen molar-refractivity contribution in [2.75, 3.05) is 0 Å². The summed E-state index contributed by atoms with van der Waals surface area (Å²) in [6.45, 7) is 3.76. The molecule has 3 aromatic rings. The van der Waals surface area contributed by atoms with Gasteiger partial charge in [-0.25, -0.2) is 0 Å². The smallest absolute Gasteiger partial charge is 0.416 e. The molecule has 0 bridgehead atoms. The largest absolute Gasteiger partial charge is 0.507 e. The van der Waals surface area contributed by atoms with E-state index in [1.807, 2.05) is 0 Å². The quantitative estimate of drug-likeness (QED) is 0.757. The summed E-state index contributed by atoms with van der Waals surface area (Å²) in [5.41, 5.74) is 0.818. The minimum atomic E-state index is -4.53. The Bertz CT molecular complexity index is 933. The molecule has 132 valence electrons. The molecule has 1 unspecified atom stereocenters. The Morgan fingerprint density at radius 2 is 1.92 bits per heavy atom. The third-order valence-corrected chi connectivity index (χ3v) is 3.98. The molecule has 2 heterocycles. The highest BCUT2D eigenvalue weighted by Gasteiger charge is 2.31. The van der Waals surface area contributed by atoms with Crippen LogP contribution >= 0.6 is 0 Å². The molecule has 2 aromatic heterocycles. The Labute approximate surface area is 141 Å². The SMILES string of the molecule is Cc1c(-c2ccc(C(F)(F)F)cc2O)nnc2c1ccn2CC(C)O. The van der Waals surface area contributed by atoms with Gasteiger partial charge in [-0.05, 0) is 43.7 Å². The van der Waals surface area contributed by atoms with Crippen molar-refractivity contribution in [2.45, 2.75) is 32.7 Å². The van der Waals surface area contributed by atoms with E-state index in [1.54, 1.807) is 30.7 Å². The summed E-state index contributed by atoms with van der Waals surface area (Å²) >= 11 is 0. The standard InChI is InChI=1S/C17H16F3N3O2/c1-9(24)8-23-6-5-12-10(2)15(21-22-16(12)23)13-4-3-11(7-14(13)25)17(18,19)20/h3-7,9,24-25H,8H2,1-2H3. The monoisotopic (exact) mass is 351 g/mol. The molecular weight excluding hydrogens is 335 g/mol. The van der Waals surface area contributed by atoms with Gasteiger partial charge < -0.3 is 14.8 Å². The molecule has 0 aliphatic heterocycles. The molecular formula is C17H16F3N3O2. The van der Waals surface area contributed by atoms with E-state index in [2.05, 4.69) is 10.2 Å². The number of phenolic OH excluding ortho intramolecular Hbond substituents is 1. The van der Waals surface area contributed by atoms with Gasteiger partial charge in [-0.2, -0.15) is 13.2 Å². The van der Waals surface area contributed by atoms with Crippen LogP contribution in [0.25, 0.3) is 22.3 Å². The van der Waals surface area contributed by atoms with Gasteiger partial charge in [0.25, 0.3) is 0 Å². The lowest BCUT2D eigenvalue weighted by molar-refractivity contribution is -0.137. The molecule has 0 saturated carbocycles. The Hall–Kier alpha value is -2.61. The fourth-order valence-corrected chi connectivity index (χ4v) is 2.76. The van der Waals surface area contributed by atoms with Gasteiger partial charge in [0.2, 0.25) is 0 Å². The van der Waals surface area contributed by atoms with Crippen LogP contribution in [-0.2, 0) is 12.7 Å². The molecule has 1 atom stereocenters. The molecule has 0 aliphatic rings. The van der Waals surface area contributed by atoms with Crippen LogP contribution in [0, 0.1) is 6.92 Å². The van der Waals surface area contributed by atoms with E-state index in [9.17, 15) is 23.4 Å². The van der Waals surface area contributed by atoms with Crippen molar-refractivity contribution in [3.63, 3.8) is 0 Å². The van der Waals surface area contributed by atoms with Gasteiger partial charge >= 0.3 is 6.18 Å². The molecule has 2 N–H and O–H groups in total. The maximum atomic E-state index is 12.7. The normalized spacial score (nSPS) is 13.4. The lowest BCUT2D eigenvalue weighted by Crippen LogP contribution is -2.11. The zero-order valence-electron chi connectivity index (χ0n) is 13.5. The van der Waals surface area contributed by atoms with Crippen LogP contribution in [0.3, 0.4) is 0 Å². The maximum Gasteiger partial charge on any atom is 0.416 e. The van der Waals surface area contributed by atoms with E-state index in [4.69, 9.17) is 0 Å². The summed E-state index contributed by atoms with van der Waals surface area (Å²) in [5, 5.41) is 28.5. The Morgan fingerprint density at radius 3 is 2.52 bits per heavy atom. The van der Waals surface area contributed by atoms with E-state index in [1.165, 1.54) is 6.07 Å².